The summed E-state index contributed by atoms with van der Waals surface area (Å²) in [4.78, 5) is 2.04. The standard InChI is InChI=1S/C9H19N5O2S/c1-11-9-7(17(4,15)16)8(10)14(12-9)6-5-13(2)3/h5-6,10H2,1-4H3,(H,11,12). The molecule has 1 aromatic heterocycles. The SMILES string of the molecule is CNc1nn(CCN(C)C)c(N)c1S(C)(=O)=O. The highest BCUT2D eigenvalue weighted by Crippen LogP contribution is 2.26. The Morgan fingerprint density at radius 1 is 1.47 bits per heavy atom. The van der Waals surface area contributed by atoms with Gasteiger partial charge in [0.05, 0.1) is 6.54 Å². The summed E-state index contributed by atoms with van der Waals surface area (Å²) < 4.78 is 24.7. The van der Waals surface area contributed by atoms with E-state index in [1.54, 1.807) is 7.05 Å². The number of nitrogens with two attached hydrogens (primary N) is 1. The summed E-state index contributed by atoms with van der Waals surface area (Å²) in [5.41, 5.74) is 5.81. The van der Waals surface area contributed by atoms with Crippen LogP contribution in [0, 0.1) is 0 Å². The number of aromatic nitrogens is 2. The number of anilines is 2. The number of hydrogen-bond donors (Lipinski definition) is 2. The van der Waals surface area contributed by atoms with Crippen LogP contribution in [0.1, 0.15) is 0 Å². The Hall–Kier alpha value is -1.28. The molecule has 0 saturated heterocycles. The van der Waals surface area contributed by atoms with E-state index in [0.29, 0.717) is 12.4 Å². The number of hydrogen-bond acceptors (Lipinski definition) is 6. The third kappa shape index (κ3) is 3.10. The van der Waals surface area contributed by atoms with Gasteiger partial charge < -0.3 is 16.0 Å². The van der Waals surface area contributed by atoms with Gasteiger partial charge in [0.2, 0.25) is 0 Å². The Morgan fingerprint density at radius 3 is 2.41 bits per heavy atom. The fourth-order valence-corrected chi connectivity index (χ4v) is 2.43. The van der Waals surface area contributed by atoms with E-state index in [4.69, 9.17) is 5.73 Å². The van der Waals surface area contributed by atoms with Gasteiger partial charge in [-0.15, -0.1) is 0 Å². The molecule has 3 N–H and O–H groups in total. The van der Waals surface area contributed by atoms with Crippen molar-refractivity contribution >= 4 is 21.5 Å². The topological polar surface area (TPSA) is 93.2 Å². The van der Waals surface area contributed by atoms with Crippen molar-refractivity contribution in [1.82, 2.24) is 14.7 Å². The van der Waals surface area contributed by atoms with E-state index >= 15 is 0 Å². The van der Waals surface area contributed by atoms with Crippen molar-refractivity contribution in [3.63, 3.8) is 0 Å². The number of sulfone groups is 1. The monoisotopic (exact) mass is 261 g/mol. The summed E-state index contributed by atoms with van der Waals surface area (Å²) in [6, 6.07) is 0. The third-order valence-corrected chi connectivity index (χ3v) is 3.46. The van der Waals surface area contributed by atoms with E-state index in [2.05, 4.69) is 10.4 Å². The average Bonchev–Trinajstić information content (AvgIpc) is 2.51. The molecule has 0 saturated carbocycles. The van der Waals surface area contributed by atoms with Crippen LogP contribution in [-0.2, 0) is 16.4 Å². The molecule has 0 spiro atoms. The summed E-state index contributed by atoms with van der Waals surface area (Å²) >= 11 is 0. The number of nitrogens with one attached hydrogen (secondary N) is 1. The van der Waals surface area contributed by atoms with E-state index < -0.39 is 9.84 Å². The number of nitrogen functional groups attached to an aromatic ring is 1. The Balaban J connectivity index is 3.15. The molecule has 0 unspecified atom stereocenters. The number of rotatable bonds is 5. The molecule has 1 rings (SSSR count). The Labute approximate surface area is 102 Å². The first-order valence-electron chi connectivity index (χ1n) is 5.16. The smallest absolute Gasteiger partial charge is 0.182 e. The predicted octanol–water partition coefficient (Wildman–Crippen LogP) is -0.528. The van der Waals surface area contributed by atoms with Gasteiger partial charge in [0, 0.05) is 19.8 Å². The first kappa shape index (κ1) is 13.8. The highest BCUT2D eigenvalue weighted by molar-refractivity contribution is 7.91. The van der Waals surface area contributed by atoms with E-state index in [-0.39, 0.29) is 10.7 Å². The van der Waals surface area contributed by atoms with Gasteiger partial charge in [0.25, 0.3) is 0 Å². The van der Waals surface area contributed by atoms with Crippen molar-refractivity contribution in [2.45, 2.75) is 11.4 Å². The average molecular weight is 261 g/mol. The molecule has 1 aromatic rings. The van der Waals surface area contributed by atoms with Crippen molar-refractivity contribution in [1.29, 1.82) is 0 Å². The molecule has 8 heteroatoms. The fourth-order valence-electron chi connectivity index (χ4n) is 1.45. The summed E-state index contributed by atoms with van der Waals surface area (Å²) in [5.74, 6) is 0.474. The van der Waals surface area contributed by atoms with E-state index in [1.807, 2.05) is 19.0 Å². The van der Waals surface area contributed by atoms with E-state index in [9.17, 15) is 8.42 Å². The molecular formula is C9H19N5O2S. The van der Waals surface area contributed by atoms with Crippen LogP contribution in [-0.4, -0.2) is 57.0 Å². The zero-order chi connectivity index (χ0) is 13.2. The van der Waals surface area contributed by atoms with E-state index in [1.165, 1.54) is 4.68 Å². The van der Waals surface area contributed by atoms with Crippen LogP contribution in [0.25, 0.3) is 0 Å². The second kappa shape index (κ2) is 4.92. The molecular weight excluding hydrogens is 242 g/mol. The van der Waals surface area contributed by atoms with Crippen LogP contribution in [0.3, 0.4) is 0 Å². The molecule has 0 fully saturated rings. The zero-order valence-electron chi connectivity index (χ0n) is 10.6. The van der Waals surface area contributed by atoms with Crippen molar-refractivity contribution in [3.8, 4) is 0 Å². The van der Waals surface area contributed by atoms with Crippen LogP contribution in [0.2, 0.25) is 0 Å². The van der Waals surface area contributed by atoms with Crippen LogP contribution in [0.4, 0.5) is 11.6 Å². The molecule has 1 heterocycles. The van der Waals surface area contributed by atoms with Gasteiger partial charge in [0.1, 0.15) is 5.82 Å². The molecule has 0 aliphatic heterocycles. The Kier molecular flexibility index (Phi) is 3.99. The Morgan fingerprint density at radius 2 is 2.06 bits per heavy atom. The zero-order valence-corrected chi connectivity index (χ0v) is 11.4. The van der Waals surface area contributed by atoms with Gasteiger partial charge >= 0.3 is 0 Å². The maximum absolute atomic E-state index is 11.6. The summed E-state index contributed by atoms with van der Waals surface area (Å²) in [5, 5.41) is 6.89. The van der Waals surface area contributed by atoms with Crippen molar-refractivity contribution in [2.75, 3.05) is 45.0 Å². The summed E-state index contributed by atoms with van der Waals surface area (Å²) in [6.45, 7) is 1.28. The van der Waals surface area contributed by atoms with Crippen LogP contribution in [0.15, 0.2) is 4.90 Å². The largest absolute Gasteiger partial charge is 0.383 e. The molecule has 0 aromatic carbocycles. The lowest BCUT2D eigenvalue weighted by molar-refractivity contribution is 0.375. The molecule has 0 bridgehead atoms. The summed E-state index contributed by atoms with van der Waals surface area (Å²) in [7, 11) is 2.09. The third-order valence-electron chi connectivity index (χ3n) is 2.31. The van der Waals surface area contributed by atoms with Crippen LogP contribution < -0.4 is 11.1 Å². The van der Waals surface area contributed by atoms with Crippen molar-refractivity contribution in [3.05, 3.63) is 0 Å². The van der Waals surface area contributed by atoms with Gasteiger partial charge in [-0.2, -0.15) is 5.10 Å². The molecule has 0 aliphatic rings. The maximum Gasteiger partial charge on any atom is 0.182 e. The van der Waals surface area contributed by atoms with Gasteiger partial charge in [-0.05, 0) is 14.1 Å². The molecule has 17 heavy (non-hydrogen) atoms. The molecule has 0 amide bonds. The van der Waals surface area contributed by atoms with Crippen molar-refractivity contribution in [2.24, 2.45) is 0 Å². The molecule has 0 aliphatic carbocycles. The first-order chi connectivity index (χ1) is 7.77. The highest BCUT2D eigenvalue weighted by atomic mass is 32.2. The lowest BCUT2D eigenvalue weighted by atomic mass is 10.5. The summed E-state index contributed by atoms with van der Waals surface area (Å²) in [6.07, 6.45) is 1.12. The van der Waals surface area contributed by atoms with Crippen LogP contribution >= 0.6 is 0 Å². The lowest BCUT2D eigenvalue weighted by Crippen LogP contribution is -2.20. The molecule has 0 atom stereocenters. The first-order valence-corrected chi connectivity index (χ1v) is 7.05. The van der Waals surface area contributed by atoms with Gasteiger partial charge in [-0.1, -0.05) is 0 Å². The van der Waals surface area contributed by atoms with Gasteiger partial charge in [-0.3, -0.25) is 0 Å². The lowest BCUT2D eigenvalue weighted by Gasteiger charge is -2.10. The quantitative estimate of drug-likeness (QED) is 0.740. The fraction of sp³-hybridized carbons (Fsp3) is 0.667. The van der Waals surface area contributed by atoms with Gasteiger partial charge in [-0.25, -0.2) is 13.1 Å². The number of likely N-dealkylation sites (N-methyl/N-ethyl adjacent to an activating group) is 1. The molecule has 0 radical (unpaired) electrons. The minimum absolute atomic E-state index is 0.0683. The molecule has 98 valence electrons. The second-order valence-electron chi connectivity index (χ2n) is 4.11. The minimum atomic E-state index is -3.38. The second-order valence-corrected chi connectivity index (χ2v) is 6.06. The van der Waals surface area contributed by atoms with Crippen molar-refractivity contribution < 1.29 is 8.42 Å². The predicted molar refractivity (Wildman–Crippen MR) is 67.8 cm³/mol. The maximum atomic E-state index is 11.6. The van der Waals surface area contributed by atoms with E-state index in [0.717, 1.165) is 12.8 Å². The Bertz CT molecular complexity index is 492. The highest BCUT2D eigenvalue weighted by Gasteiger charge is 2.23. The normalized spacial score (nSPS) is 12.1. The van der Waals surface area contributed by atoms with Gasteiger partial charge in [0.15, 0.2) is 20.6 Å². The molecule has 7 nitrogen and oxygen atoms in total. The number of nitrogens with zero attached hydrogens (tertiary/aromatic N) is 3. The van der Waals surface area contributed by atoms with Crippen LogP contribution in [0.5, 0.6) is 0 Å². The minimum Gasteiger partial charge on any atom is -0.383 e.